The standard InChI is InChI=1S/C30H33Cl2N5O3/c1-35(2)30(40)37-16-4-15-36(17-18-37)27-12-9-23(28(38)33-14-13-21-7-10-24(31)11-8-21)20-26(27)34-29(39)22-5-3-6-25(32)19-22/h3,5-12,19-20H,4,13-18H2,1-2H3,(H,33,38)(H,34,39). The lowest BCUT2D eigenvalue weighted by molar-refractivity contribution is 0.0952. The van der Waals surface area contributed by atoms with Crippen molar-refractivity contribution in [1.82, 2.24) is 15.1 Å². The third kappa shape index (κ3) is 7.67. The minimum atomic E-state index is -0.330. The van der Waals surface area contributed by atoms with Gasteiger partial charge >= 0.3 is 6.03 Å². The number of benzene rings is 3. The molecule has 1 aliphatic heterocycles. The van der Waals surface area contributed by atoms with Crippen LogP contribution < -0.4 is 15.5 Å². The van der Waals surface area contributed by atoms with Crippen LogP contribution >= 0.6 is 23.2 Å². The fourth-order valence-electron chi connectivity index (χ4n) is 4.58. The largest absolute Gasteiger partial charge is 0.368 e. The second-order valence-electron chi connectivity index (χ2n) is 9.83. The summed E-state index contributed by atoms with van der Waals surface area (Å²) in [6.07, 6.45) is 1.43. The molecule has 3 aromatic rings. The maximum absolute atomic E-state index is 13.2. The summed E-state index contributed by atoms with van der Waals surface area (Å²) in [4.78, 5) is 44.3. The molecule has 3 aromatic carbocycles. The minimum absolute atomic E-state index is 0.0260. The van der Waals surface area contributed by atoms with E-state index in [9.17, 15) is 14.4 Å². The van der Waals surface area contributed by atoms with Gasteiger partial charge in [0.05, 0.1) is 11.4 Å². The Morgan fingerprint density at radius 3 is 2.30 bits per heavy atom. The fraction of sp³-hybridized carbons (Fsp3) is 0.300. The predicted octanol–water partition coefficient (Wildman–Crippen LogP) is 5.41. The van der Waals surface area contributed by atoms with E-state index in [0.717, 1.165) is 17.7 Å². The average Bonchev–Trinajstić information content (AvgIpc) is 3.20. The molecule has 0 saturated carbocycles. The molecule has 1 saturated heterocycles. The molecule has 4 rings (SSSR count). The van der Waals surface area contributed by atoms with Crippen LogP contribution in [0.4, 0.5) is 16.2 Å². The molecule has 4 amide bonds. The Balaban J connectivity index is 1.53. The molecule has 40 heavy (non-hydrogen) atoms. The molecule has 0 radical (unpaired) electrons. The van der Waals surface area contributed by atoms with E-state index in [4.69, 9.17) is 23.2 Å². The summed E-state index contributed by atoms with van der Waals surface area (Å²) in [5.74, 6) is -0.569. The van der Waals surface area contributed by atoms with Crippen molar-refractivity contribution in [3.63, 3.8) is 0 Å². The summed E-state index contributed by atoms with van der Waals surface area (Å²) in [7, 11) is 3.49. The fourth-order valence-corrected chi connectivity index (χ4v) is 4.90. The first-order valence-electron chi connectivity index (χ1n) is 13.2. The lowest BCUT2D eigenvalue weighted by Gasteiger charge is -2.27. The van der Waals surface area contributed by atoms with Gasteiger partial charge in [-0.25, -0.2) is 4.79 Å². The highest BCUT2D eigenvalue weighted by Crippen LogP contribution is 2.29. The molecule has 210 valence electrons. The summed E-state index contributed by atoms with van der Waals surface area (Å²) in [5, 5.41) is 7.07. The van der Waals surface area contributed by atoms with Gasteiger partial charge in [-0.3, -0.25) is 9.59 Å². The first-order chi connectivity index (χ1) is 19.2. The molecule has 1 aliphatic rings. The van der Waals surface area contributed by atoms with Gasteiger partial charge in [0.1, 0.15) is 0 Å². The third-order valence-corrected chi connectivity index (χ3v) is 7.18. The SMILES string of the molecule is CN(C)C(=O)N1CCCN(c2ccc(C(=O)NCCc3ccc(Cl)cc3)cc2NC(=O)c2cccc(Cl)c2)CC1. The average molecular weight is 583 g/mol. The van der Waals surface area contributed by atoms with Crippen molar-refractivity contribution in [1.29, 1.82) is 0 Å². The Bertz CT molecular complexity index is 1360. The summed E-state index contributed by atoms with van der Waals surface area (Å²) >= 11 is 12.1. The molecule has 0 aliphatic carbocycles. The Hall–Kier alpha value is -3.75. The quantitative estimate of drug-likeness (QED) is 0.390. The topological polar surface area (TPSA) is 85.0 Å². The van der Waals surface area contributed by atoms with Crippen molar-refractivity contribution in [3.05, 3.63) is 93.5 Å². The van der Waals surface area contributed by atoms with Gasteiger partial charge < -0.3 is 25.3 Å². The molecule has 1 heterocycles. The molecule has 2 N–H and O–H groups in total. The second kappa shape index (κ2) is 13.5. The molecule has 0 atom stereocenters. The number of amides is 4. The van der Waals surface area contributed by atoms with Crippen LogP contribution in [0.25, 0.3) is 0 Å². The zero-order chi connectivity index (χ0) is 28.6. The maximum atomic E-state index is 13.2. The van der Waals surface area contributed by atoms with E-state index in [-0.39, 0.29) is 17.8 Å². The van der Waals surface area contributed by atoms with Gasteiger partial charge in [0.15, 0.2) is 0 Å². The molecule has 0 spiro atoms. The number of nitrogens with one attached hydrogen (secondary N) is 2. The first kappa shape index (κ1) is 29.2. The minimum Gasteiger partial charge on any atom is -0.368 e. The summed E-state index contributed by atoms with van der Waals surface area (Å²) in [5.41, 5.74) is 3.21. The summed E-state index contributed by atoms with van der Waals surface area (Å²) in [6.45, 7) is 2.93. The van der Waals surface area contributed by atoms with Crippen LogP contribution in [0.3, 0.4) is 0 Å². The van der Waals surface area contributed by atoms with E-state index in [0.29, 0.717) is 66.0 Å². The van der Waals surface area contributed by atoms with Gasteiger partial charge in [0, 0.05) is 68.0 Å². The molecular weight excluding hydrogens is 549 g/mol. The van der Waals surface area contributed by atoms with Gasteiger partial charge in [-0.1, -0.05) is 41.4 Å². The Morgan fingerprint density at radius 1 is 0.825 bits per heavy atom. The van der Waals surface area contributed by atoms with Gasteiger partial charge in [-0.05, 0) is 66.9 Å². The van der Waals surface area contributed by atoms with Crippen molar-refractivity contribution in [2.24, 2.45) is 0 Å². The van der Waals surface area contributed by atoms with Crippen LogP contribution in [0.15, 0.2) is 66.7 Å². The highest BCUT2D eigenvalue weighted by atomic mass is 35.5. The van der Waals surface area contributed by atoms with E-state index < -0.39 is 0 Å². The molecule has 10 heteroatoms. The highest BCUT2D eigenvalue weighted by Gasteiger charge is 2.23. The number of carbonyl (C=O) groups is 3. The van der Waals surface area contributed by atoms with E-state index >= 15 is 0 Å². The zero-order valence-corrected chi connectivity index (χ0v) is 24.1. The van der Waals surface area contributed by atoms with Crippen molar-refractivity contribution in [3.8, 4) is 0 Å². The van der Waals surface area contributed by atoms with E-state index in [1.807, 2.05) is 35.2 Å². The predicted molar refractivity (Wildman–Crippen MR) is 161 cm³/mol. The van der Waals surface area contributed by atoms with Gasteiger partial charge in [0.2, 0.25) is 0 Å². The van der Waals surface area contributed by atoms with E-state index in [1.165, 1.54) is 0 Å². The Labute approximate surface area is 244 Å². The number of anilines is 2. The number of carbonyl (C=O) groups excluding carboxylic acids is 3. The number of hydrogen-bond acceptors (Lipinski definition) is 4. The van der Waals surface area contributed by atoms with Crippen molar-refractivity contribution in [2.45, 2.75) is 12.8 Å². The van der Waals surface area contributed by atoms with Gasteiger partial charge in [-0.2, -0.15) is 0 Å². The third-order valence-electron chi connectivity index (χ3n) is 6.70. The van der Waals surface area contributed by atoms with Crippen LogP contribution in [0, 0.1) is 0 Å². The van der Waals surface area contributed by atoms with Crippen LogP contribution in [0.1, 0.15) is 32.7 Å². The van der Waals surface area contributed by atoms with Crippen LogP contribution in [0.5, 0.6) is 0 Å². The Morgan fingerprint density at radius 2 is 1.57 bits per heavy atom. The van der Waals surface area contributed by atoms with E-state index in [1.54, 1.807) is 55.4 Å². The van der Waals surface area contributed by atoms with Gasteiger partial charge in [0.25, 0.3) is 11.8 Å². The lowest BCUT2D eigenvalue weighted by atomic mass is 10.1. The molecule has 0 unspecified atom stereocenters. The summed E-state index contributed by atoms with van der Waals surface area (Å²) < 4.78 is 0. The zero-order valence-electron chi connectivity index (χ0n) is 22.6. The van der Waals surface area contributed by atoms with Crippen molar-refractivity contribution < 1.29 is 14.4 Å². The number of urea groups is 1. The van der Waals surface area contributed by atoms with Crippen LogP contribution in [-0.2, 0) is 6.42 Å². The molecule has 8 nitrogen and oxygen atoms in total. The van der Waals surface area contributed by atoms with Crippen LogP contribution in [-0.4, -0.2) is 74.5 Å². The second-order valence-corrected chi connectivity index (χ2v) is 10.7. The molecule has 1 fully saturated rings. The highest BCUT2D eigenvalue weighted by molar-refractivity contribution is 6.31. The van der Waals surface area contributed by atoms with Crippen LogP contribution in [0.2, 0.25) is 10.0 Å². The normalized spacial score (nSPS) is 13.4. The van der Waals surface area contributed by atoms with Crippen molar-refractivity contribution in [2.75, 3.05) is 57.0 Å². The first-order valence-corrected chi connectivity index (χ1v) is 13.9. The monoisotopic (exact) mass is 581 g/mol. The number of halogens is 2. The number of hydrogen-bond donors (Lipinski definition) is 2. The molecule has 0 aromatic heterocycles. The molecule has 0 bridgehead atoms. The Kier molecular flexibility index (Phi) is 9.90. The van der Waals surface area contributed by atoms with Crippen molar-refractivity contribution >= 4 is 52.4 Å². The smallest absolute Gasteiger partial charge is 0.319 e. The number of rotatable bonds is 7. The lowest BCUT2D eigenvalue weighted by Crippen LogP contribution is -2.41. The summed E-state index contributed by atoms with van der Waals surface area (Å²) in [6, 6.07) is 19.5. The van der Waals surface area contributed by atoms with Gasteiger partial charge in [-0.15, -0.1) is 0 Å². The number of nitrogens with zero attached hydrogens (tertiary/aromatic N) is 3. The molecular formula is C30H33Cl2N5O3. The van der Waals surface area contributed by atoms with E-state index in [2.05, 4.69) is 15.5 Å². The maximum Gasteiger partial charge on any atom is 0.319 e.